The SMILES string of the molecule is c1ccc(N=Nc2c(-c3ccccc3)nc3ccccn23)cc1. The average Bonchev–Trinajstić information content (AvgIpc) is 3.00. The Labute approximate surface area is 133 Å². The van der Waals surface area contributed by atoms with Crippen LogP contribution >= 0.6 is 0 Å². The van der Waals surface area contributed by atoms with Crippen molar-refractivity contribution in [1.29, 1.82) is 0 Å². The summed E-state index contributed by atoms with van der Waals surface area (Å²) in [5, 5.41) is 8.82. The molecule has 0 aliphatic carbocycles. The lowest BCUT2D eigenvalue weighted by Crippen LogP contribution is -1.81. The maximum Gasteiger partial charge on any atom is 0.187 e. The molecule has 0 fully saturated rings. The molecule has 4 heteroatoms. The first-order chi connectivity index (χ1) is 11.4. The van der Waals surface area contributed by atoms with Gasteiger partial charge in [0.15, 0.2) is 5.82 Å². The van der Waals surface area contributed by atoms with Crippen molar-refractivity contribution in [2.24, 2.45) is 10.2 Å². The van der Waals surface area contributed by atoms with Crippen LogP contribution < -0.4 is 0 Å². The summed E-state index contributed by atoms with van der Waals surface area (Å²) in [7, 11) is 0. The highest BCUT2D eigenvalue weighted by Gasteiger charge is 2.13. The molecule has 0 bridgehead atoms. The van der Waals surface area contributed by atoms with Gasteiger partial charge in [0.05, 0.1) is 5.69 Å². The highest BCUT2D eigenvalue weighted by atomic mass is 15.2. The van der Waals surface area contributed by atoms with E-state index < -0.39 is 0 Å². The van der Waals surface area contributed by atoms with E-state index in [0.717, 1.165) is 28.4 Å². The number of imidazole rings is 1. The zero-order chi connectivity index (χ0) is 15.5. The predicted octanol–water partition coefficient (Wildman–Crippen LogP) is 5.42. The van der Waals surface area contributed by atoms with Crippen molar-refractivity contribution in [1.82, 2.24) is 9.38 Å². The molecule has 4 aromatic rings. The highest BCUT2D eigenvalue weighted by Crippen LogP contribution is 2.31. The summed E-state index contributed by atoms with van der Waals surface area (Å²) in [5.74, 6) is 0.732. The lowest BCUT2D eigenvalue weighted by Gasteiger charge is -1.99. The third kappa shape index (κ3) is 2.62. The molecule has 2 heterocycles. The highest BCUT2D eigenvalue weighted by molar-refractivity contribution is 5.74. The zero-order valence-electron chi connectivity index (χ0n) is 12.4. The van der Waals surface area contributed by atoms with E-state index >= 15 is 0 Å². The van der Waals surface area contributed by atoms with Crippen molar-refractivity contribution in [3.05, 3.63) is 85.1 Å². The normalized spacial score (nSPS) is 11.3. The van der Waals surface area contributed by atoms with E-state index in [4.69, 9.17) is 4.98 Å². The fourth-order valence-corrected chi connectivity index (χ4v) is 2.47. The molecule has 0 amide bonds. The van der Waals surface area contributed by atoms with Crippen LogP contribution in [-0.2, 0) is 0 Å². The Morgan fingerprint density at radius 1 is 0.696 bits per heavy atom. The Morgan fingerprint density at radius 2 is 1.39 bits per heavy atom. The zero-order valence-corrected chi connectivity index (χ0v) is 12.4. The molecule has 0 aliphatic rings. The number of hydrogen-bond donors (Lipinski definition) is 0. The van der Waals surface area contributed by atoms with E-state index in [-0.39, 0.29) is 0 Å². The van der Waals surface area contributed by atoms with Crippen LogP contribution in [0.25, 0.3) is 16.9 Å². The number of nitrogens with zero attached hydrogens (tertiary/aromatic N) is 4. The van der Waals surface area contributed by atoms with Gasteiger partial charge in [0.2, 0.25) is 0 Å². The molecular weight excluding hydrogens is 284 g/mol. The molecule has 0 N–H and O–H groups in total. The molecule has 0 atom stereocenters. The molecule has 0 spiro atoms. The third-order valence-corrected chi connectivity index (χ3v) is 3.57. The van der Waals surface area contributed by atoms with Crippen molar-refractivity contribution in [2.75, 3.05) is 0 Å². The van der Waals surface area contributed by atoms with Crippen LogP contribution in [0.2, 0.25) is 0 Å². The topological polar surface area (TPSA) is 42.0 Å². The second kappa shape index (κ2) is 5.85. The number of benzene rings is 2. The quantitative estimate of drug-likeness (QED) is 0.466. The lowest BCUT2D eigenvalue weighted by molar-refractivity contribution is 1.11. The van der Waals surface area contributed by atoms with Gasteiger partial charge in [0, 0.05) is 11.8 Å². The largest absolute Gasteiger partial charge is 0.283 e. The van der Waals surface area contributed by atoms with E-state index in [1.165, 1.54) is 0 Å². The van der Waals surface area contributed by atoms with E-state index in [0.29, 0.717) is 0 Å². The smallest absolute Gasteiger partial charge is 0.187 e. The maximum atomic E-state index is 4.70. The van der Waals surface area contributed by atoms with Gasteiger partial charge in [-0.1, -0.05) is 54.6 Å². The summed E-state index contributed by atoms with van der Waals surface area (Å²) in [6.45, 7) is 0. The second-order valence-electron chi connectivity index (χ2n) is 5.11. The van der Waals surface area contributed by atoms with Crippen molar-refractivity contribution in [2.45, 2.75) is 0 Å². The number of aromatic nitrogens is 2. The molecule has 2 aromatic carbocycles. The third-order valence-electron chi connectivity index (χ3n) is 3.57. The van der Waals surface area contributed by atoms with Gasteiger partial charge in [-0.3, -0.25) is 4.40 Å². The van der Waals surface area contributed by atoms with Gasteiger partial charge in [0.1, 0.15) is 11.3 Å². The van der Waals surface area contributed by atoms with Crippen LogP contribution in [-0.4, -0.2) is 9.38 Å². The Bertz CT molecular complexity index is 957. The molecule has 2 aromatic heterocycles. The maximum absolute atomic E-state index is 4.70. The van der Waals surface area contributed by atoms with Crippen LogP contribution in [0.4, 0.5) is 11.5 Å². The Balaban J connectivity index is 1.88. The van der Waals surface area contributed by atoms with Gasteiger partial charge in [-0.2, -0.15) is 0 Å². The summed E-state index contributed by atoms with van der Waals surface area (Å²) in [4.78, 5) is 4.70. The predicted molar refractivity (Wildman–Crippen MR) is 91.2 cm³/mol. The van der Waals surface area contributed by atoms with Gasteiger partial charge < -0.3 is 0 Å². The van der Waals surface area contributed by atoms with Gasteiger partial charge >= 0.3 is 0 Å². The van der Waals surface area contributed by atoms with Crippen LogP contribution in [0.15, 0.2) is 95.3 Å². The van der Waals surface area contributed by atoms with Crippen molar-refractivity contribution in [3.8, 4) is 11.3 Å². The summed E-state index contributed by atoms with van der Waals surface area (Å²) in [5.41, 5.74) is 3.53. The van der Waals surface area contributed by atoms with Gasteiger partial charge in [-0.25, -0.2) is 4.98 Å². The number of hydrogen-bond acceptors (Lipinski definition) is 3. The Kier molecular flexibility index (Phi) is 3.41. The van der Waals surface area contributed by atoms with Gasteiger partial charge in [-0.15, -0.1) is 10.2 Å². The number of pyridine rings is 1. The number of rotatable bonds is 3. The minimum Gasteiger partial charge on any atom is -0.283 e. The van der Waals surface area contributed by atoms with Crippen molar-refractivity contribution >= 4 is 17.2 Å². The number of fused-ring (bicyclic) bond motifs is 1. The average molecular weight is 298 g/mol. The summed E-state index contributed by atoms with van der Waals surface area (Å²) >= 11 is 0. The van der Waals surface area contributed by atoms with Crippen molar-refractivity contribution in [3.63, 3.8) is 0 Å². The minimum absolute atomic E-state index is 0.732. The van der Waals surface area contributed by atoms with E-state index in [2.05, 4.69) is 10.2 Å². The summed E-state index contributed by atoms with van der Waals surface area (Å²) < 4.78 is 1.95. The second-order valence-corrected chi connectivity index (χ2v) is 5.11. The minimum atomic E-state index is 0.732. The van der Waals surface area contributed by atoms with E-state index in [1.807, 2.05) is 89.5 Å². The molecule has 23 heavy (non-hydrogen) atoms. The molecule has 4 nitrogen and oxygen atoms in total. The molecule has 0 radical (unpaired) electrons. The summed E-state index contributed by atoms with van der Waals surface area (Å²) in [6, 6.07) is 25.6. The summed E-state index contributed by atoms with van der Waals surface area (Å²) in [6.07, 6.45) is 1.95. The van der Waals surface area contributed by atoms with Crippen LogP contribution in [0.5, 0.6) is 0 Å². The van der Waals surface area contributed by atoms with Gasteiger partial charge in [0.25, 0.3) is 0 Å². The van der Waals surface area contributed by atoms with E-state index in [9.17, 15) is 0 Å². The first-order valence-corrected chi connectivity index (χ1v) is 7.41. The van der Waals surface area contributed by atoms with Crippen LogP contribution in [0.3, 0.4) is 0 Å². The Morgan fingerprint density at radius 3 is 2.17 bits per heavy atom. The first-order valence-electron chi connectivity index (χ1n) is 7.41. The fraction of sp³-hybridized carbons (Fsp3) is 0. The van der Waals surface area contributed by atoms with Crippen LogP contribution in [0, 0.1) is 0 Å². The van der Waals surface area contributed by atoms with E-state index in [1.54, 1.807) is 0 Å². The van der Waals surface area contributed by atoms with Gasteiger partial charge in [-0.05, 0) is 24.3 Å². The monoisotopic (exact) mass is 298 g/mol. The molecule has 0 unspecified atom stereocenters. The molecule has 110 valence electrons. The molecule has 4 rings (SSSR count). The fourth-order valence-electron chi connectivity index (χ4n) is 2.47. The molecule has 0 aliphatic heterocycles. The number of azo groups is 1. The molecule has 0 saturated carbocycles. The standard InChI is InChI=1S/C19H14N4/c1-3-9-15(10-4-1)18-19(22-21-16-11-5-2-6-12-16)23-14-8-7-13-17(23)20-18/h1-14H. The Hall–Kier alpha value is -3.27. The lowest BCUT2D eigenvalue weighted by atomic mass is 10.1. The van der Waals surface area contributed by atoms with Crippen LogP contribution in [0.1, 0.15) is 0 Å². The molecular formula is C19H14N4. The first kappa shape index (κ1) is 13.4. The molecule has 0 saturated heterocycles. The van der Waals surface area contributed by atoms with Crippen molar-refractivity contribution < 1.29 is 0 Å².